The van der Waals surface area contributed by atoms with Crippen molar-refractivity contribution in [3.8, 4) is 11.5 Å². The monoisotopic (exact) mass is 293 g/mol. The minimum atomic E-state index is -0.416. The first kappa shape index (κ1) is 14.8. The molecule has 0 bridgehead atoms. The van der Waals surface area contributed by atoms with Crippen LogP contribution in [0.3, 0.4) is 0 Å². The lowest BCUT2D eigenvalue weighted by Gasteiger charge is -2.12. The molecule has 1 unspecified atom stereocenters. The third-order valence-corrected chi connectivity index (χ3v) is 3.37. The molecule has 2 rings (SSSR count). The fourth-order valence-corrected chi connectivity index (χ4v) is 2.09. The van der Waals surface area contributed by atoms with Crippen molar-refractivity contribution < 1.29 is 9.13 Å². The maximum absolute atomic E-state index is 13.5. The second kappa shape index (κ2) is 6.73. The van der Waals surface area contributed by atoms with Crippen LogP contribution in [0.25, 0.3) is 0 Å². The Labute approximate surface area is 123 Å². The zero-order valence-corrected chi connectivity index (χ0v) is 12.0. The maximum atomic E-state index is 13.5. The molecule has 0 amide bonds. The summed E-state index contributed by atoms with van der Waals surface area (Å²) in [6, 6.07) is 11.8. The van der Waals surface area contributed by atoms with Gasteiger partial charge in [0.1, 0.15) is 5.75 Å². The summed E-state index contributed by atoms with van der Waals surface area (Å²) in [6.07, 6.45) is 1.67. The molecule has 0 saturated heterocycles. The van der Waals surface area contributed by atoms with Gasteiger partial charge in [0.25, 0.3) is 0 Å². The largest absolute Gasteiger partial charge is 0.453 e. The number of hydrogen-bond donors (Lipinski definition) is 1. The van der Waals surface area contributed by atoms with Crippen LogP contribution in [0.1, 0.15) is 18.9 Å². The van der Waals surface area contributed by atoms with Crippen molar-refractivity contribution in [1.29, 1.82) is 0 Å². The summed E-state index contributed by atoms with van der Waals surface area (Å²) in [5, 5.41) is 0.453. The van der Waals surface area contributed by atoms with E-state index in [-0.39, 0.29) is 11.8 Å². The van der Waals surface area contributed by atoms with Gasteiger partial charge in [-0.2, -0.15) is 0 Å². The Kier molecular flexibility index (Phi) is 4.99. The van der Waals surface area contributed by atoms with Gasteiger partial charge in [-0.1, -0.05) is 36.7 Å². The van der Waals surface area contributed by atoms with E-state index in [1.165, 1.54) is 6.07 Å². The third-order valence-electron chi connectivity index (χ3n) is 3.08. The molecular formula is C16H17ClFNO. The quantitative estimate of drug-likeness (QED) is 0.877. The molecule has 0 spiro atoms. The molecule has 2 N–H and O–H groups in total. The van der Waals surface area contributed by atoms with E-state index in [4.69, 9.17) is 22.1 Å². The van der Waals surface area contributed by atoms with Gasteiger partial charge in [0, 0.05) is 6.04 Å². The molecular weight excluding hydrogens is 277 g/mol. The first-order valence-electron chi connectivity index (χ1n) is 6.56. The first-order chi connectivity index (χ1) is 9.60. The smallest absolute Gasteiger partial charge is 0.165 e. The lowest BCUT2D eigenvalue weighted by molar-refractivity contribution is 0.442. The average Bonchev–Trinajstić information content (AvgIpc) is 2.44. The van der Waals surface area contributed by atoms with Crippen LogP contribution in [0.15, 0.2) is 42.5 Å². The van der Waals surface area contributed by atoms with Crippen LogP contribution in [0.5, 0.6) is 11.5 Å². The van der Waals surface area contributed by atoms with Crippen molar-refractivity contribution in [3.05, 3.63) is 58.9 Å². The second-order valence-corrected chi connectivity index (χ2v) is 5.08. The molecule has 0 aliphatic heterocycles. The third kappa shape index (κ3) is 3.71. The average molecular weight is 294 g/mol. The fraction of sp³-hybridized carbons (Fsp3) is 0.250. The van der Waals surface area contributed by atoms with Crippen molar-refractivity contribution in [2.45, 2.75) is 25.8 Å². The van der Waals surface area contributed by atoms with E-state index in [1.807, 2.05) is 19.1 Å². The number of para-hydroxylation sites is 1. The Morgan fingerprint density at radius 2 is 1.95 bits per heavy atom. The molecule has 2 aromatic rings. The van der Waals surface area contributed by atoms with Crippen molar-refractivity contribution >= 4 is 11.6 Å². The van der Waals surface area contributed by atoms with Crippen molar-refractivity contribution in [1.82, 2.24) is 0 Å². The lowest BCUT2D eigenvalue weighted by atomic mass is 10.0. The number of benzene rings is 2. The van der Waals surface area contributed by atoms with Crippen LogP contribution in [-0.2, 0) is 6.42 Å². The van der Waals surface area contributed by atoms with Gasteiger partial charge in [0.05, 0.1) is 5.02 Å². The highest BCUT2D eigenvalue weighted by Crippen LogP contribution is 2.31. The minimum absolute atomic E-state index is 0.115. The van der Waals surface area contributed by atoms with Gasteiger partial charge in [-0.05, 0) is 42.7 Å². The highest BCUT2D eigenvalue weighted by atomic mass is 35.5. The van der Waals surface area contributed by atoms with Crippen LogP contribution >= 0.6 is 11.6 Å². The summed E-state index contributed by atoms with van der Waals surface area (Å²) in [4.78, 5) is 0. The van der Waals surface area contributed by atoms with Crippen LogP contribution < -0.4 is 10.5 Å². The molecule has 0 fully saturated rings. The summed E-state index contributed by atoms with van der Waals surface area (Å²) in [5.41, 5.74) is 6.96. The van der Waals surface area contributed by atoms with Gasteiger partial charge < -0.3 is 10.5 Å². The highest BCUT2D eigenvalue weighted by Gasteiger charge is 2.09. The number of halogens is 2. The van der Waals surface area contributed by atoms with Crippen molar-refractivity contribution in [2.75, 3.05) is 0 Å². The summed E-state index contributed by atoms with van der Waals surface area (Å²) in [7, 11) is 0. The number of ether oxygens (including phenoxy) is 1. The molecule has 106 valence electrons. The normalized spacial score (nSPS) is 12.2. The summed E-state index contributed by atoms with van der Waals surface area (Å²) in [6.45, 7) is 2.04. The standard InChI is InChI=1S/C16H17ClFNO/c1-2-12(19)9-11-7-8-15(13(17)10-11)20-16-6-4-3-5-14(16)18/h3-8,10,12H,2,9,19H2,1H3. The molecule has 0 heterocycles. The van der Waals surface area contributed by atoms with Gasteiger partial charge in [-0.15, -0.1) is 0 Å². The molecule has 20 heavy (non-hydrogen) atoms. The Bertz CT molecular complexity index is 588. The summed E-state index contributed by atoms with van der Waals surface area (Å²) >= 11 is 6.17. The van der Waals surface area contributed by atoms with E-state index < -0.39 is 5.82 Å². The molecule has 0 aliphatic rings. The Hall–Kier alpha value is -1.58. The van der Waals surface area contributed by atoms with E-state index in [0.717, 1.165) is 18.4 Å². The zero-order chi connectivity index (χ0) is 14.5. The van der Waals surface area contributed by atoms with E-state index in [9.17, 15) is 4.39 Å². The van der Waals surface area contributed by atoms with Crippen LogP contribution in [0.2, 0.25) is 5.02 Å². The van der Waals surface area contributed by atoms with Crippen LogP contribution in [0.4, 0.5) is 4.39 Å². The minimum Gasteiger partial charge on any atom is -0.453 e. The molecule has 0 radical (unpaired) electrons. The maximum Gasteiger partial charge on any atom is 0.165 e. The van der Waals surface area contributed by atoms with Crippen molar-refractivity contribution in [2.24, 2.45) is 5.73 Å². The van der Waals surface area contributed by atoms with E-state index >= 15 is 0 Å². The Morgan fingerprint density at radius 3 is 2.60 bits per heavy atom. The molecule has 2 nitrogen and oxygen atoms in total. The van der Waals surface area contributed by atoms with Gasteiger partial charge in [0.2, 0.25) is 0 Å². The predicted molar refractivity (Wildman–Crippen MR) is 79.9 cm³/mol. The SMILES string of the molecule is CCC(N)Cc1ccc(Oc2ccccc2F)c(Cl)c1. The zero-order valence-electron chi connectivity index (χ0n) is 11.3. The highest BCUT2D eigenvalue weighted by molar-refractivity contribution is 6.32. The number of nitrogens with two attached hydrogens (primary N) is 1. The summed E-state index contributed by atoms with van der Waals surface area (Å²) < 4.78 is 19.0. The predicted octanol–water partition coefficient (Wildman–Crippen LogP) is 4.55. The van der Waals surface area contributed by atoms with E-state index in [0.29, 0.717) is 10.8 Å². The number of hydrogen-bond acceptors (Lipinski definition) is 2. The molecule has 1 atom stereocenters. The topological polar surface area (TPSA) is 35.2 Å². The van der Waals surface area contributed by atoms with Gasteiger partial charge >= 0.3 is 0 Å². The molecule has 4 heteroatoms. The van der Waals surface area contributed by atoms with E-state index in [1.54, 1.807) is 24.3 Å². The lowest BCUT2D eigenvalue weighted by Crippen LogP contribution is -2.21. The first-order valence-corrected chi connectivity index (χ1v) is 6.94. The van der Waals surface area contributed by atoms with Crippen LogP contribution in [-0.4, -0.2) is 6.04 Å². The van der Waals surface area contributed by atoms with Gasteiger partial charge in [-0.3, -0.25) is 0 Å². The molecule has 0 aliphatic carbocycles. The Balaban J connectivity index is 2.16. The summed E-state index contributed by atoms with van der Waals surface area (Å²) in [5.74, 6) is 0.179. The number of rotatable bonds is 5. The fourth-order valence-electron chi connectivity index (χ4n) is 1.85. The molecule has 0 saturated carbocycles. The van der Waals surface area contributed by atoms with Gasteiger partial charge in [0.15, 0.2) is 11.6 Å². The second-order valence-electron chi connectivity index (χ2n) is 4.67. The molecule has 0 aromatic heterocycles. The van der Waals surface area contributed by atoms with Crippen LogP contribution in [0, 0.1) is 5.82 Å². The Morgan fingerprint density at radius 1 is 1.20 bits per heavy atom. The van der Waals surface area contributed by atoms with Gasteiger partial charge in [-0.25, -0.2) is 4.39 Å². The molecule has 2 aromatic carbocycles. The van der Waals surface area contributed by atoms with E-state index in [2.05, 4.69) is 0 Å². The van der Waals surface area contributed by atoms with Crippen molar-refractivity contribution in [3.63, 3.8) is 0 Å².